The van der Waals surface area contributed by atoms with Crippen LogP contribution in [0.4, 0.5) is 0 Å². The van der Waals surface area contributed by atoms with Crippen LogP contribution in [0.5, 0.6) is 11.5 Å². The molecule has 39 heavy (non-hydrogen) atoms. The second-order valence-electron chi connectivity index (χ2n) is 9.19. The zero-order valence-corrected chi connectivity index (χ0v) is 22.9. The molecule has 0 saturated carbocycles. The van der Waals surface area contributed by atoms with Gasteiger partial charge in [0.15, 0.2) is 6.61 Å². The Bertz CT molecular complexity index is 1230. The van der Waals surface area contributed by atoms with Gasteiger partial charge >= 0.3 is 5.97 Å². The normalized spacial score (nSPS) is 14.5. The second kappa shape index (κ2) is 14.0. The molecule has 1 saturated heterocycles. The fraction of sp³-hybridized carbons (Fsp3) is 0.333. The summed E-state index contributed by atoms with van der Waals surface area (Å²) in [5.74, 6) is 0.968. The number of esters is 1. The standard InChI is InChI=1S/C30H33ClN2O6/c1-36-27-5-3-4-24(18-27)28(39-20-22-6-8-23(9-7-22)30(35)37-2)19-32-14-16-33(17-15-32)29(34)21-38-26-12-10-25(31)11-13-26/h3-13,18,28H,14-17,19-21H2,1-2H3/t28-/m0/s1. The van der Waals surface area contributed by atoms with Crippen LogP contribution in [0.1, 0.15) is 27.6 Å². The van der Waals surface area contributed by atoms with Crippen molar-refractivity contribution in [3.05, 3.63) is 94.5 Å². The van der Waals surface area contributed by atoms with Crippen LogP contribution < -0.4 is 9.47 Å². The van der Waals surface area contributed by atoms with Crippen molar-refractivity contribution in [1.82, 2.24) is 9.80 Å². The van der Waals surface area contributed by atoms with Crippen LogP contribution >= 0.6 is 11.6 Å². The van der Waals surface area contributed by atoms with E-state index in [0.717, 1.165) is 30.0 Å². The topological polar surface area (TPSA) is 77.5 Å². The molecule has 4 rings (SSSR count). The molecule has 1 heterocycles. The predicted octanol–water partition coefficient (Wildman–Crippen LogP) is 4.62. The van der Waals surface area contributed by atoms with Gasteiger partial charge in [0.1, 0.15) is 11.5 Å². The summed E-state index contributed by atoms with van der Waals surface area (Å²) in [5.41, 5.74) is 2.46. The number of hydrogen-bond donors (Lipinski definition) is 0. The van der Waals surface area contributed by atoms with Gasteiger partial charge in [-0.1, -0.05) is 35.9 Å². The third kappa shape index (κ3) is 8.20. The molecular weight excluding hydrogens is 520 g/mol. The summed E-state index contributed by atoms with van der Waals surface area (Å²) in [6.45, 7) is 3.71. The molecule has 0 unspecified atom stereocenters. The third-order valence-corrected chi connectivity index (χ3v) is 6.87. The second-order valence-corrected chi connectivity index (χ2v) is 9.63. The Kier molecular flexibility index (Phi) is 10.2. The number of methoxy groups -OCH3 is 2. The van der Waals surface area contributed by atoms with E-state index in [4.69, 9.17) is 30.5 Å². The van der Waals surface area contributed by atoms with Crippen molar-refractivity contribution < 1.29 is 28.5 Å². The minimum absolute atomic E-state index is 0.00799. The number of carbonyl (C=O) groups excluding carboxylic acids is 2. The van der Waals surface area contributed by atoms with Crippen molar-refractivity contribution >= 4 is 23.5 Å². The first-order valence-electron chi connectivity index (χ1n) is 12.8. The Morgan fingerprint density at radius 1 is 0.897 bits per heavy atom. The van der Waals surface area contributed by atoms with Crippen LogP contribution in [-0.4, -0.2) is 75.2 Å². The summed E-state index contributed by atoms with van der Waals surface area (Å²) in [6.07, 6.45) is -0.212. The summed E-state index contributed by atoms with van der Waals surface area (Å²) in [7, 11) is 3.01. The van der Waals surface area contributed by atoms with Crippen LogP contribution in [0, 0.1) is 0 Å². The molecule has 1 amide bonds. The number of carbonyl (C=O) groups is 2. The molecule has 8 nitrogen and oxygen atoms in total. The van der Waals surface area contributed by atoms with Crippen LogP contribution in [0.15, 0.2) is 72.8 Å². The molecule has 1 aliphatic heterocycles. The highest BCUT2D eigenvalue weighted by Gasteiger charge is 2.25. The zero-order valence-electron chi connectivity index (χ0n) is 22.2. The lowest BCUT2D eigenvalue weighted by Crippen LogP contribution is -2.50. The first-order valence-corrected chi connectivity index (χ1v) is 13.1. The van der Waals surface area contributed by atoms with Gasteiger partial charge in [-0.05, 0) is 59.7 Å². The zero-order chi connectivity index (χ0) is 27.6. The molecule has 0 radical (unpaired) electrons. The van der Waals surface area contributed by atoms with Gasteiger partial charge in [0, 0.05) is 37.7 Å². The summed E-state index contributed by atoms with van der Waals surface area (Å²) >= 11 is 5.91. The van der Waals surface area contributed by atoms with Gasteiger partial charge in [-0.2, -0.15) is 0 Å². The van der Waals surface area contributed by atoms with E-state index in [1.54, 1.807) is 43.5 Å². The first kappa shape index (κ1) is 28.4. The van der Waals surface area contributed by atoms with Gasteiger partial charge < -0.3 is 23.8 Å². The van der Waals surface area contributed by atoms with Crippen molar-refractivity contribution in [3.63, 3.8) is 0 Å². The number of benzene rings is 3. The fourth-order valence-electron chi connectivity index (χ4n) is 4.33. The van der Waals surface area contributed by atoms with Gasteiger partial charge in [-0.3, -0.25) is 9.69 Å². The first-order chi connectivity index (χ1) is 18.9. The highest BCUT2D eigenvalue weighted by atomic mass is 35.5. The number of halogens is 1. The number of piperazine rings is 1. The summed E-state index contributed by atoms with van der Waals surface area (Å²) in [5, 5.41) is 0.623. The predicted molar refractivity (Wildman–Crippen MR) is 148 cm³/mol. The van der Waals surface area contributed by atoms with Gasteiger partial charge in [0.25, 0.3) is 5.91 Å². The Morgan fingerprint density at radius 2 is 1.62 bits per heavy atom. The smallest absolute Gasteiger partial charge is 0.337 e. The lowest BCUT2D eigenvalue weighted by Gasteiger charge is -2.36. The van der Waals surface area contributed by atoms with Crippen LogP contribution in [0.25, 0.3) is 0 Å². The van der Waals surface area contributed by atoms with Crippen molar-refractivity contribution in [2.75, 3.05) is 53.6 Å². The average molecular weight is 553 g/mol. The number of nitrogens with zero attached hydrogens (tertiary/aromatic N) is 2. The quantitative estimate of drug-likeness (QED) is 0.321. The van der Waals surface area contributed by atoms with Crippen molar-refractivity contribution in [2.24, 2.45) is 0 Å². The Hall–Kier alpha value is -3.59. The van der Waals surface area contributed by atoms with E-state index < -0.39 is 0 Å². The van der Waals surface area contributed by atoms with E-state index in [2.05, 4.69) is 4.90 Å². The van der Waals surface area contributed by atoms with Crippen molar-refractivity contribution in [3.8, 4) is 11.5 Å². The number of rotatable bonds is 11. The van der Waals surface area contributed by atoms with E-state index in [0.29, 0.717) is 42.6 Å². The monoisotopic (exact) mass is 552 g/mol. The van der Waals surface area contributed by atoms with E-state index >= 15 is 0 Å². The third-order valence-electron chi connectivity index (χ3n) is 6.62. The fourth-order valence-corrected chi connectivity index (χ4v) is 4.46. The van der Waals surface area contributed by atoms with Crippen LogP contribution in [0.2, 0.25) is 5.02 Å². The van der Waals surface area contributed by atoms with Crippen molar-refractivity contribution in [2.45, 2.75) is 12.7 Å². The van der Waals surface area contributed by atoms with Gasteiger partial charge in [0.05, 0.1) is 32.5 Å². The van der Waals surface area contributed by atoms with Crippen LogP contribution in [0.3, 0.4) is 0 Å². The molecule has 1 fully saturated rings. The Balaban J connectivity index is 1.33. The Morgan fingerprint density at radius 3 is 2.28 bits per heavy atom. The number of hydrogen-bond acceptors (Lipinski definition) is 7. The molecule has 206 valence electrons. The lowest BCUT2D eigenvalue weighted by atomic mass is 10.1. The molecule has 0 aliphatic carbocycles. The molecule has 0 N–H and O–H groups in total. The van der Waals surface area contributed by atoms with Crippen LogP contribution in [-0.2, 0) is 20.9 Å². The van der Waals surface area contributed by atoms with E-state index in [9.17, 15) is 9.59 Å². The largest absolute Gasteiger partial charge is 0.497 e. The molecule has 0 spiro atoms. The van der Waals surface area contributed by atoms with Crippen molar-refractivity contribution in [1.29, 1.82) is 0 Å². The van der Waals surface area contributed by atoms with Gasteiger partial charge in [-0.25, -0.2) is 4.79 Å². The number of ether oxygens (including phenoxy) is 4. The molecule has 3 aromatic carbocycles. The van der Waals surface area contributed by atoms with Gasteiger partial charge in [-0.15, -0.1) is 0 Å². The molecule has 0 aromatic heterocycles. The maximum absolute atomic E-state index is 12.7. The maximum Gasteiger partial charge on any atom is 0.337 e. The minimum Gasteiger partial charge on any atom is -0.497 e. The molecule has 1 atom stereocenters. The van der Waals surface area contributed by atoms with Gasteiger partial charge in [0.2, 0.25) is 0 Å². The number of amides is 1. The molecule has 9 heteroatoms. The lowest BCUT2D eigenvalue weighted by molar-refractivity contribution is -0.135. The summed E-state index contributed by atoms with van der Waals surface area (Å²) in [4.78, 5) is 28.6. The summed E-state index contributed by atoms with van der Waals surface area (Å²) in [6, 6.07) is 22.0. The highest BCUT2D eigenvalue weighted by Crippen LogP contribution is 2.25. The minimum atomic E-state index is -0.370. The average Bonchev–Trinajstić information content (AvgIpc) is 2.99. The van der Waals surface area contributed by atoms with E-state index in [-0.39, 0.29) is 24.6 Å². The van der Waals surface area contributed by atoms with E-state index in [1.165, 1.54) is 7.11 Å². The molecule has 1 aliphatic rings. The SMILES string of the molecule is COC(=O)c1ccc(CO[C@@H](CN2CCN(C(=O)COc3ccc(Cl)cc3)CC2)c2cccc(OC)c2)cc1. The molecule has 3 aromatic rings. The summed E-state index contributed by atoms with van der Waals surface area (Å²) < 4.78 is 22.2. The Labute approximate surface area is 234 Å². The van der Waals surface area contributed by atoms with E-state index in [1.807, 2.05) is 41.3 Å². The molecular formula is C30H33ClN2O6. The molecule has 0 bridgehead atoms. The maximum atomic E-state index is 12.7. The highest BCUT2D eigenvalue weighted by molar-refractivity contribution is 6.30.